The lowest BCUT2D eigenvalue weighted by Gasteiger charge is -2.08. The molecule has 0 radical (unpaired) electrons. The summed E-state index contributed by atoms with van der Waals surface area (Å²) in [5, 5.41) is 0. The summed E-state index contributed by atoms with van der Waals surface area (Å²) in [6.45, 7) is 0. The van der Waals surface area contributed by atoms with Crippen molar-refractivity contribution in [2.45, 2.75) is 0 Å². The number of aromatic amines is 2. The fourth-order valence-corrected chi connectivity index (χ4v) is 6.06. The van der Waals surface area contributed by atoms with E-state index < -0.39 is 0 Å². The highest BCUT2D eigenvalue weighted by Gasteiger charge is 2.18. The molecule has 0 fully saturated rings. The van der Waals surface area contributed by atoms with E-state index in [0.29, 0.717) is 11.4 Å². The van der Waals surface area contributed by atoms with Crippen LogP contribution < -0.4 is 11.5 Å². The molecule has 5 heterocycles. The lowest BCUT2D eigenvalue weighted by molar-refractivity contribution is 1.31. The highest BCUT2D eigenvalue weighted by atomic mass is 14.8. The van der Waals surface area contributed by atoms with Crippen molar-refractivity contribution in [3.05, 3.63) is 132 Å². The Morgan fingerprint density at radius 1 is 0.455 bits per heavy atom. The monoisotopic (exact) mass is 568 g/mol. The molecule has 0 spiro atoms. The Morgan fingerprint density at radius 3 is 1.66 bits per heavy atom. The molecule has 210 valence electrons. The van der Waals surface area contributed by atoms with Crippen molar-refractivity contribution < 1.29 is 0 Å². The zero-order valence-electron chi connectivity index (χ0n) is 23.8. The van der Waals surface area contributed by atoms with Gasteiger partial charge in [0, 0.05) is 61.3 Å². The number of rotatable bonds is 3. The molecule has 0 saturated heterocycles. The van der Waals surface area contributed by atoms with Gasteiger partial charge >= 0.3 is 0 Å². The van der Waals surface area contributed by atoms with Crippen LogP contribution in [0.1, 0.15) is 22.8 Å². The first kappa shape index (κ1) is 25.6. The van der Waals surface area contributed by atoms with Crippen molar-refractivity contribution in [3.8, 4) is 33.4 Å². The van der Waals surface area contributed by atoms with Gasteiger partial charge in [0.05, 0.1) is 22.8 Å². The Balaban J connectivity index is 1.55. The first-order chi connectivity index (χ1) is 21.6. The number of nitrogens with two attached hydrogens (primary N) is 2. The Morgan fingerprint density at radius 2 is 0.977 bits per heavy atom. The van der Waals surface area contributed by atoms with Crippen LogP contribution in [0.3, 0.4) is 0 Å². The Bertz CT molecular complexity index is 2260. The first-order valence-corrected chi connectivity index (χ1v) is 14.5. The van der Waals surface area contributed by atoms with Gasteiger partial charge in [-0.15, -0.1) is 0 Å². The number of anilines is 2. The van der Waals surface area contributed by atoms with Gasteiger partial charge in [0.1, 0.15) is 0 Å². The van der Waals surface area contributed by atoms with Crippen LogP contribution in [0, 0.1) is 0 Å². The van der Waals surface area contributed by atoms with Crippen LogP contribution in [0.2, 0.25) is 0 Å². The standard InChI is InChI=1S/C38H28N6/c39-28-12-6-4-10-26(28)37-32-16-14-24(41-32)22-25-15-17-33(42-25)38(27-11-5-7-13-29(27)40)35-21-19-31(44-35)36(23-8-2-1-3-9-23)30-18-20-34(37)43-30/h1-22,41,44H,39-40H2. The molecular weight excluding hydrogens is 540 g/mol. The molecule has 0 unspecified atom stereocenters. The lowest BCUT2D eigenvalue weighted by atomic mass is 10.0. The molecule has 0 saturated carbocycles. The number of nitrogens with zero attached hydrogens (tertiary/aromatic N) is 2. The van der Waals surface area contributed by atoms with E-state index >= 15 is 0 Å². The van der Waals surface area contributed by atoms with E-state index in [0.717, 1.165) is 78.2 Å². The van der Waals surface area contributed by atoms with E-state index in [1.54, 1.807) is 0 Å². The second kappa shape index (κ2) is 10.3. The molecule has 44 heavy (non-hydrogen) atoms. The highest BCUT2D eigenvalue weighted by Crippen LogP contribution is 2.38. The molecule has 0 aliphatic carbocycles. The van der Waals surface area contributed by atoms with Gasteiger partial charge in [-0.25, -0.2) is 9.97 Å². The molecule has 0 amide bonds. The summed E-state index contributed by atoms with van der Waals surface area (Å²) >= 11 is 0. The zero-order valence-corrected chi connectivity index (χ0v) is 23.8. The van der Waals surface area contributed by atoms with Gasteiger partial charge in [-0.2, -0.15) is 0 Å². The number of H-pyrrole nitrogens is 2. The Labute approximate surface area is 254 Å². The number of hydrogen-bond donors (Lipinski definition) is 4. The van der Waals surface area contributed by atoms with Crippen LogP contribution in [0.25, 0.3) is 79.8 Å². The van der Waals surface area contributed by atoms with Crippen LogP contribution in [-0.4, -0.2) is 19.9 Å². The molecule has 3 aromatic carbocycles. The number of fused-ring (bicyclic) bond motifs is 8. The van der Waals surface area contributed by atoms with Crippen LogP contribution in [0.5, 0.6) is 0 Å². The summed E-state index contributed by atoms with van der Waals surface area (Å²) < 4.78 is 0. The quantitative estimate of drug-likeness (QED) is 0.160. The van der Waals surface area contributed by atoms with Crippen LogP contribution in [-0.2, 0) is 0 Å². The SMILES string of the molecule is Nc1ccccc1-c1c2nc(c(-c3ccccc3)c3ccc([nH]3)c(-c3ccccc3N)c3nc(cc4ccc1[nH]4)C=C3)C=C2. The maximum Gasteiger partial charge on any atom is 0.0738 e. The number of benzene rings is 3. The summed E-state index contributed by atoms with van der Waals surface area (Å²) in [6, 6.07) is 36.5. The van der Waals surface area contributed by atoms with Crippen LogP contribution in [0.15, 0.2) is 109 Å². The average Bonchev–Trinajstić information content (AvgIpc) is 3.86. The predicted molar refractivity (Wildman–Crippen MR) is 184 cm³/mol. The molecule has 8 bridgehead atoms. The van der Waals surface area contributed by atoms with Crippen molar-refractivity contribution in [3.63, 3.8) is 0 Å². The van der Waals surface area contributed by atoms with Crippen LogP contribution >= 0.6 is 0 Å². The second-order valence-electron chi connectivity index (χ2n) is 10.9. The van der Waals surface area contributed by atoms with E-state index in [1.807, 2.05) is 84.9 Å². The number of nitrogens with one attached hydrogen (secondary N) is 2. The van der Waals surface area contributed by atoms with Gasteiger partial charge in [0.25, 0.3) is 0 Å². The van der Waals surface area contributed by atoms with E-state index in [2.05, 4.69) is 58.5 Å². The van der Waals surface area contributed by atoms with Gasteiger partial charge in [-0.3, -0.25) is 0 Å². The number of para-hydroxylation sites is 2. The lowest BCUT2D eigenvalue weighted by Crippen LogP contribution is -1.93. The third kappa shape index (κ3) is 4.37. The molecular formula is C38H28N6. The molecule has 3 aromatic heterocycles. The average molecular weight is 569 g/mol. The molecule has 6 nitrogen and oxygen atoms in total. The minimum Gasteiger partial charge on any atom is -0.398 e. The summed E-state index contributed by atoms with van der Waals surface area (Å²) in [7, 11) is 0. The Kier molecular flexibility index (Phi) is 5.98. The van der Waals surface area contributed by atoms with Gasteiger partial charge in [0.15, 0.2) is 0 Å². The fourth-order valence-electron chi connectivity index (χ4n) is 6.06. The normalized spacial score (nSPS) is 12.1. The van der Waals surface area contributed by atoms with E-state index in [1.165, 1.54) is 0 Å². The summed E-state index contributed by atoms with van der Waals surface area (Å²) in [5.74, 6) is 0. The summed E-state index contributed by atoms with van der Waals surface area (Å²) in [5.41, 5.74) is 27.3. The van der Waals surface area contributed by atoms with Crippen molar-refractivity contribution in [1.29, 1.82) is 0 Å². The third-order valence-corrected chi connectivity index (χ3v) is 8.10. The van der Waals surface area contributed by atoms with Gasteiger partial charge in [0.2, 0.25) is 0 Å². The molecule has 6 aromatic rings. The molecule has 6 N–H and O–H groups in total. The van der Waals surface area contributed by atoms with E-state index in [4.69, 9.17) is 21.4 Å². The molecule has 2 aliphatic rings. The molecule has 6 heteroatoms. The van der Waals surface area contributed by atoms with Crippen molar-refractivity contribution in [1.82, 2.24) is 19.9 Å². The van der Waals surface area contributed by atoms with Crippen molar-refractivity contribution in [2.24, 2.45) is 0 Å². The number of nitrogen functional groups attached to an aromatic ring is 2. The second-order valence-corrected chi connectivity index (χ2v) is 10.9. The topological polar surface area (TPSA) is 109 Å². The van der Waals surface area contributed by atoms with Gasteiger partial charge in [-0.1, -0.05) is 66.7 Å². The maximum absolute atomic E-state index is 6.54. The Hall–Kier alpha value is -6.14. The third-order valence-electron chi connectivity index (χ3n) is 8.10. The largest absolute Gasteiger partial charge is 0.398 e. The van der Waals surface area contributed by atoms with E-state index in [9.17, 15) is 0 Å². The smallest absolute Gasteiger partial charge is 0.0738 e. The molecule has 8 rings (SSSR count). The maximum atomic E-state index is 6.54. The van der Waals surface area contributed by atoms with Crippen molar-refractivity contribution in [2.75, 3.05) is 11.5 Å². The summed E-state index contributed by atoms with van der Waals surface area (Å²) in [4.78, 5) is 17.6. The number of hydrogen-bond acceptors (Lipinski definition) is 4. The molecule has 2 aliphatic heterocycles. The fraction of sp³-hybridized carbons (Fsp3) is 0. The number of aromatic nitrogens is 4. The van der Waals surface area contributed by atoms with E-state index in [-0.39, 0.29) is 0 Å². The van der Waals surface area contributed by atoms with Crippen LogP contribution in [0.4, 0.5) is 11.4 Å². The highest BCUT2D eigenvalue weighted by molar-refractivity contribution is 5.99. The van der Waals surface area contributed by atoms with Crippen molar-refractivity contribution >= 4 is 57.7 Å². The summed E-state index contributed by atoms with van der Waals surface area (Å²) in [6.07, 6.45) is 8.22. The predicted octanol–water partition coefficient (Wildman–Crippen LogP) is 8.82. The first-order valence-electron chi connectivity index (χ1n) is 14.5. The van der Waals surface area contributed by atoms with Gasteiger partial charge in [-0.05, 0) is 72.3 Å². The minimum atomic E-state index is 0.688. The minimum absolute atomic E-state index is 0.688. The molecule has 0 atom stereocenters. The van der Waals surface area contributed by atoms with Gasteiger partial charge < -0.3 is 21.4 Å². The zero-order chi connectivity index (χ0) is 29.6.